The number of carbonyl (C=O) groups excluding carboxylic acids is 1. The van der Waals surface area contributed by atoms with Crippen molar-refractivity contribution in [3.63, 3.8) is 0 Å². The molecule has 154 valence electrons. The van der Waals surface area contributed by atoms with Crippen molar-refractivity contribution in [3.8, 4) is 17.6 Å². The van der Waals surface area contributed by atoms with Gasteiger partial charge in [-0.05, 0) is 61.0 Å². The normalized spacial score (nSPS) is 10.5. The van der Waals surface area contributed by atoms with E-state index in [1.807, 2.05) is 41.9 Å². The summed E-state index contributed by atoms with van der Waals surface area (Å²) in [5.74, 6) is 1.50. The van der Waals surface area contributed by atoms with Crippen LogP contribution in [-0.4, -0.2) is 23.0 Å². The zero-order chi connectivity index (χ0) is 21.8. The molecule has 0 aliphatic heterocycles. The lowest BCUT2D eigenvalue weighted by Gasteiger charge is -2.06. The van der Waals surface area contributed by atoms with Gasteiger partial charge in [-0.25, -0.2) is 4.79 Å². The molecule has 7 nitrogen and oxygen atoms in total. The second kappa shape index (κ2) is 8.59. The number of ether oxygens (including phenoxy) is 2. The number of aryl methyl sites for hydroxylation is 1. The second-order valence-corrected chi connectivity index (χ2v) is 7.03. The Bertz CT molecular complexity index is 1270. The van der Waals surface area contributed by atoms with Gasteiger partial charge in [0.1, 0.15) is 11.5 Å². The fourth-order valence-electron chi connectivity index (χ4n) is 3.24. The highest BCUT2D eigenvalue weighted by molar-refractivity contribution is 5.98. The van der Waals surface area contributed by atoms with Crippen molar-refractivity contribution < 1.29 is 14.3 Å². The van der Waals surface area contributed by atoms with Crippen molar-refractivity contribution >= 4 is 22.8 Å². The summed E-state index contributed by atoms with van der Waals surface area (Å²) in [6.07, 6.45) is -0.628. The number of nitriles is 1. The lowest BCUT2D eigenvalue weighted by molar-refractivity contribution is 0.215. The Morgan fingerprint density at radius 3 is 2.45 bits per heavy atom. The van der Waals surface area contributed by atoms with Crippen molar-refractivity contribution in [2.24, 2.45) is 0 Å². The van der Waals surface area contributed by atoms with E-state index >= 15 is 0 Å². The number of anilines is 1. The quantitative estimate of drug-likeness (QED) is 0.504. The number of hydrogen-bond acceptors (Lipinski definition) is 5. The van der Waals surface area contributed by atoms with Crippen LogP contribution in [-0.2, 0) is 6.54 Å². The Labute approximate surface area is 179 Å². The molecule has 0 fully saturated rings. The minimum atomic E-state index is -0.628. The van der Waals surface area contributed by atoms with E-state index in [1.54, 1.807) is 43.5 Å². The van der Waals surface area contributed by atoms with Crippen molar-refractivity contribution in [2.45, 2.75) is 13.5 Å². The van der Waals surface area contributed by atoms with E-state index < -0.39 is 6.09 Å². The first-order valence-electron chi connectivity index (χ1n) is 9.65. The average molecular weight is 412 g/mol. The first-order chi connectivity index (χ1) is 15.1. The number of nitrogens with zero attached hydrogens (tertiary/aromatic N) is 3. The number of nitrogens with one attached hydrogen (secondary N) is 1. The van der Waals surface area contributed by atoms with Crippen molar-refractivity contribution in [1.29, 1.82) is 5.26 Å². The summed E-state index contributed by atoms with van der Waals surface area (Å²) < 4.78 is 12.3. The van der Waals surface area contributed by atoms with Crippen LogP contribution in [0.5, 0.6) is 11.5 Å². The van der Waals surface area contributed by atoms with E-state index in [4.69, 9.17) is 14.7 Å². The number of amides is 1. The Hall–Kier alpha value is -4.31. The van der Waals surface area contributed by atoms with E-state index in [1.165, 1.54) is 0 Å². The van der Waals surface area contributed by atoms with Crippen LogP contribution in [0.4, 0.5) is 10.6 Å². The zero-order valence-electron chi connectivity index (χ0n) is 17.1. The van der Waals surface area contributed by atoms with Gasteiger partial charge in [0.25, 0.3) is 0 Å². The number of rotatable bonds is 5. The number of methoxy groups -OCH3 is 1. The van der Waals surface area contributed by atoms with Crippen molar-refractivity contribution in [3.05, 3.63) is 83.4 Å². The van der Waals surface area contributed by atoms with Gasteiger partial charge in [-0.1, -0.05) is 23.8 Å². The molecule has 0 unspecified atom stereocenters. The van der Waals surface area contributed by atoms with Crippen LogP contribution in [0.25, 0.3) is 10.9 Å². The third kappa shape index (κ3) is 4.49. The van der Waals surface area contributed by atoms with Gasteiger partial charge in [0.2, 0.25) is 0 Å². The van der Waals surface area contributed by atoms with Crippen LogP contribution < -0.4 is 14.8 Å². The molecule has 7 heteroatoms. The van der Waals surface area contributed by atoms with Crippen LogP contribution >= 0.6 is 0 Å². The largest absolute Gasteiger partial charge is 0.497 e. The Morgan fingerprint density at radius 2 is 1.77 bits per heavy atom. The van der Waals surface area contributed by atoms with Crippen LogP contribution in [0.3, 0.4) is 0 Å². The number of hydrogen-bond donors (Lipinski definition) is 1. The van der Waals surface area contributed by atoms with Crippen LogP contribution in [0.15, 0.2) is 66.7 Å². The molecular formula is C24H20N4O3. The maximum Gasteiger partial charge on any atom is 0.418 e. The van der Waals surface area contributed by atoms with Gasteiger partial charge in [-0.2, -0.15) is 10.4 Å². The van der Waals surface area contributed by atoms with Gasteiger partial charge >= 0.3 is 6.09 Å². The second-order valence-electron chi connectivity index (χ2n) is 7.03. The van der Waals surface area contributed by atoms with Gasteiger partial charge < -0.3 is 9.47 Å². The zero-order valence-corrected chi connectivity index (χ0v) is 17.1. The van der Waals surface area contributed by atoms with Crippen LogP contribution in [0.2, 0.25) is 0 Å². The maximum atomic E-state index is 12.5. The molecular weight excluding hydrogens is 392 g/mol. The van der Waals surface area contributed by atoms with E-state index in [0.29, 0.717) is 29.4 Å². The molecule has 1 aromatic heterocycles. The van der Waals surface area contributed by atoms with Crippen molar-refractivity contribution in [1.82, 2.24) is 9.78 Å². The standard InChI is InChI=1S/C24H20N4O3/c1-16-3-12-22-21(13-16)23(26-24(29)31-20-10-8-19(30-2)9-11-20)27-28(22)15-18-6-4-17(14-25)5-7-18/h3-13H,15H2,1-2H3,(H,26,27,29). The fraction of sp³-hybridized carbons (Fsp3) is 0.125. The molecule has 4 rings (SSSR count). The molecule has 3 aromatic carbocycles. The third-order valence-corrected chi connectivity index (χ3v) is 4.81. The predicted molar refractivity (Wildman–Crippen MR) is 117 cm³/mol. The summed E-state index contributed by atoms with van der Waals surface area (Å²) in [7, 11) is 1.57. The summed E-state index contributed by atoms with van der Waals surface area (Å²) >= 11 is 0. The minimum Gasteiger partial charge on any atom is -0.497 e. The van der Waals surface area contributed by atoms with Gasteiger partial charge in [0, 0.05) is 5.39 Å². The molecule has 0 saturated heterocycles. The molecule has 0 aliphatic carbocycles. The number of benzene rings is 3. The summed E-state index contributed by atoms with van der Waals surface area (Å²) in [5.41, 5.74) is 3.54. The molecule has 0 aliphatic rings. The SMILES string of the molecule is COc1ccc(OC(=O)Nc2nn(Cc3ccc(C#N)cc3)c3ccc(C)cc23)cc1. The molecule has 0 bridgehead atoms. The van der Waals surface area contributed by atoms with Gasteiger partial charge in [0.15, 0.2) is 5.82 Å². The number of aromatic nitrogens is 2. The van der Waals surface area contributed by atoms with E-state index in [-0.39, 0.29) is 0 Å². The highest BCUT2D eigenvalue weighted by Crippen LogP contribution is 2.26. The first kappa shape index (κ1) is 20.0. The smallest absolute Gasteiger partial charge is 0.418 e. The molecule has 0 saturated carbocycles. The molecule has 0 radical (unpaired) electrons. The minimum absolute atomic E-state index is 0.399. The molecule has 1 heterocycles. The van der Waals surface area contributed by atoms with E-state index in [2.05, 4.69) is 16.5 Å². The summed E-state index contributed by atoms with van der Waals surface area (Å²) in [6, 6.07) is 22.1. The molecule has 0 spiro atoms. The first-order valence-corrected chi connectivity index (χ1v) is 9.65. The molecule has 4 aromatic rings. The topological polar surface area (TPSA) is 89.2 Å². The maximum absolute atomic E-state index is 12.5. The summed E-state index contributed by atoms with van der Waals surface area (Å²) in [4.78, 5) is 12.5. The van der Waals surface area contributed by atoms with Crippen LogP contribution in [0, 0.1) is 18.3 Å². The van der Waals surface area contributed by atoms with Crippen LogP contribution in [0.1, 0.15) is 16.7 Å². The number of fused-ring (bicyclic) bond motifs is 1. The Balaban J connectivity index is 1.58. The van der Waals surface area contributed by atoms with E-state index in [9.17, 15) is 4.79 Å². The lowest BCUT2D eigenvalue weighted by atomic mass is 10.1. The van der Waals surface area contributed by atoms with Gasteiger partial charge in [-0.15, -0.1) is 0 Å². The van der Waals surface area contributed by atoms with E-state index in [0.717, 1.165) is 22.0 Å². The monoisotopic (exact) mass is 412 g/mol. The molecule has 31 heavy (non-hydrogen) atoms. The Morgan fingerprint density at radius 1 is 1.06 bits per heavy atom. The summed E-state index contributed by atoms with van der Waals surface area (Å²) in [6.45, 7) is 2.48. The molecule has 0 atom stereocenters. The number of carbonyl (C=O) groups is 1. The van der Waals surface area contributed by atoms with Crippen molar-refractivity contribution in [2.75, 3.05) is 12.4 Å². The van der Waals surface area contributed by atoms with Gasteiger partial charge in [0.05, 0.1) is 30.8 Å². The Kier molecular flexibility index (Phi) is 5.54. The fourth-order valence-corrected chi connectivity index (χ4v) is 3.24. The third-order valence-electron chi connectivity index (χ3n) is 4.81. The lowest BCUT2D eigenvalue weighted by Crippen LogP contribution is -2.17. The predicted octanol–water partition coefficient (Wildman–Crippen LogP) is 4.88. The molecule has 1 amide bonds. The highest BCUT2D eigenvalue weighted by atomic mass is 16.6. The highest BCUT2D eigenvalue weighted by Gasteiger charge is 2.15. The van der Waals surface area contributed by atoms with Gasteiger partial charge in [-0.3, -0.25) is 10.00 Å². The average Bonchev–Trinajstić information content (AvgIpc) is 3.10. The molecule has 1 N–H and O–H groups in total. The summed E-state index contributed by atoms with van der Waals surface area (Å²) in [5, 5.41) is 17.1.